The number of carbonyl (C=O) groups excluding carboxylic acids is 1. The third-order valence-electron chi connectivity index (χ3n) is 1.35. The first-order valence-electron chi connectivity index (χ1n) is 3.88. The summed E-state index contributed by atoms with van der Waals surface area (Å²) in [7, 11) is 0. The molecule has 1 aromatic heterocycles. The maximum Gasteiger partial charge on any atom is 0.225 e. The Morgan fingerprint density at radius 2 is 2.33 bits per heavy atom. The molecule has 1 rings (SSSR count). The molecule has 1 N–H and O–H groups in total. The average Bonchev–Trinajstić information content (AvgIpc) is 2.52. The van der Waals surface area contributed by atoms with Gasteiger partial charge in [0.2, 0.25) is 11.0 Å². The summed E-state index contributed by atoms with van der Waals surface area (Å²) in [5.74, 6) is 0.764. The summed E-state index contributed by atoms with van der Waals surface area (Å²) in [5.41, 5.74) is 0. The van der Waals surface area contributed by atoms with Crippen molar-refractivity contribution in [2.75, 3.05) is 5.32 Å². The quantitative estimate of drug-likeness (QED) is 0.775. The highest BCUT2D eigenvalue weighted by Gasteiger charge is 2.04. The second kappa shape index (κ2) is 4.15. The maximum absolute atomic E-state index is 10.9. The van der Waals surface area contributed by atoms with Gasteiger partial charge >= 0.3 is 0 Å². The van der Waals surface area contributed by atoms with Crippen LogP contribution in [0.4, 0.5) is 5.13 Å². The summed E-state index contributed by atoms with van der Waals surface area (Å²) < 4.78 is 4.04. The van der Waals surface area contributed by atoms with Crippen molar-refractivity contribution in [1.29, 1.82) is 0 Å². The molecule has 0 aliphatic carbocycles. The summed E-state index contributed by atoms with van der Waals surface area (Å²) in [4.78, 5) is 15.0. The third-order valence-corrected chi connectivity index (χ3v) is 2.02. The molecule has 5 heteroatoms. The van der Waals surface area contributed by atoms with Crippen LogP contribution in [-0.4, -0.2) is 15.3 Å². The summed E-state index contributed by atoms with van der Waals surface area (Å²) in [5, 5.41) is 3.25. The summed E-state index contributed by atoms with van der Waals surface area (Å²) in [6, 6.07) is 0. The number of nitrogens with one attached hydrogen (secondary N) is 1. The first kappa shape index (κ1) is 9.12. The monoisotopic (exact) mass is 185 g/mol. The fraction of sp³-hybridized carbons (Fsp3) is 0.571. The van der Waals surface area contributed by atoms with Gasteiger partial charge in [0.15, 0.2) is 0 Å². The molecule has 1 aromatic rings. The van der Waals surface area contributed by atoms with Crippen LogP contribution < -0.4 is 5.32 Å². The van der Waals surface area contributed by atoms with Gasteiger partial charge < -0.3 is 5.32 Å². The van der Waals surface area contributed by atoms with E-state index in [1.54, 1.807) is 6.92 Å². The number of amides is 1. The number of nitrogens with zero attached hydrogens (tertiary/aromatic N) is 2. The predicted octanol–water partition coefficient (Wildman–Crippen LogP) is 1.45. The standard InChI is InChI=1S/C7H11N3OS/c1-3-5-8-7(12-10-5)9-6(11)4-2/h3-4H2,1-2H3,(H,8,9,10,11). The molecule has 0 fully saturated rings. The molecular formula is C7H11N3OS. The van der Waals surface area contributed by atoms with E-state index in [1.165, 1.54) is 11.5 Å². The summed E-state index contributed by atoms with van der Waals surface area (Å²) >= 11 is 1.22. The molecule has 0 unspecified atom stereocenters. The number of aryl methyl sites for hydroxylation is 1. The topological polar surface area (TPSA) is 54.9 Å². The van der Waals surface area contributed by atoms with E-state index in [4.69, 9.17) is 0 Å². The van der Waals surface area contributed by atoms with Crippen LogP contribution in [0.2, 0.25) is 0 Å². The van der Waals surface area contributed by atoms with E-state index < -0.39 is 0 Å². The SMILES string of the molecule is CCC(=O)Nc1nc(CC)ns1. The number of hydrogen-bond acceptors (Lipinski definition) is 4. The van der Waals surface area contributed by atoms with Gasteiger partial charge in [0, 0.05) is 24.4 Å². The summed E-state index contributed by atoms with van der Waals surface area (Å²) in [6.07, 6.45) is 1.28. The molecule has 0 atom stereocenters. The van der Waals surface area contributed by atoms with Crippen molar-refractivity contribution < 1.29 is 4.79 Å². The van der Waals surface area contributed by atoms with Crippen molar-refractivity contribution in [3.05, 3.63) is 5.82 Å². The molecular weight excluding hydrogens is 174 g/mol. The predicted molar refractivity (Wildman–Crippen MR) is 48.2 cm³/mol. The zero-order valence-electron chi connectivity index (χ0n) is 7.13. The molecule has 0 bridgehead atoms. The van der Waals surface area contributed by atoms with E-state index >= 15 is 0 Å². The van der Waals surface area contributed by atoms with Gasteiger partial charge in [0.25, 0.3) is 0 Å². The fourth-order valence-electron chi connectivity index (χ4n) is 0.656. The minimum absolute atomic E-state index is 0.0196. The molecule has 1 heterocycles. The molecule has 66 valence electrons. The van der Waals surface area contributed by atoms with Crippen LogP contribution in [0.25, 0.3) is 0 Å². The maximum atomic E-state index is 10.9. The Bertz CT molecular complexity index is 271. The molecule has 0 radical (unpaired) electrons. The molecule has 0 aromatic carbocycles. The Labute approximate surface area is 75.2 Å². The van der Waals surface area contributed by atoms with Crippen LogP contribution in [0.3, 0.4) is 0 Å². The molecule has 0 saturated heterocycles. The van der Waals surface area contributed by atoms with E-state index in [2.05, 4.69) is 14.7 Å². The first-order valence-corrected chi connectivity index (χ1v) is 4.66. The van der Waals surface area contributed by atoms with Gasteiger partial charge in [0.1, 0.15) is 5.82 Å². The molecule has 0 aliphatic heterocycles. The molecule has 0 aliphatic rings. The normalized spacial score (nSPS) is 9.83. The van der Waals surface area contributed by atoms with Crippen molar-refractivity contribution in [3.63, 3.8) is 0 Å². The summed E-state index contributed by atoms with van der Waals surface area (Å²) in [6.45, 7) is 3.78. The highest BCUT2D eigenvalue weighted by Crippen LogP contribution is 2.10. The lowest BCUT2D eigenvalue weighted by Gasteiger charge is -1.94. The van der Waals surface area contributed by atoms with Gasteiger partial charge in [-0.2, -0.15) is 4.37 Å². The van der Waals surface area contributed by atoms with E-state index in [0.717, 1.165) is 12.2 Å². The lowest BCUT2D eigenvalue weighted by molar-refractivity contribution is -0.115. The van der Waals surface area contributed by atoms with Gasteiger partial charge in [-0.25, -0.2) is 4.98 Å². The van der Waals surface area contributed by atoms with E-state index in [0.29, 0.717) is 11.6 Å². The fourth-order valence-corrected chi connectivity index (χ4v) is 1.32. The Kier molecular flexibility index (Phi) is 3.16. The highest BCUT2D eigenvalue weighted by molar-refractivity contribution is 7.09. The van der Waals surface area contributed by atoms with Crippen molar-refractivity contribution in [1.82, 2.24) is 9.36 Å². The van der Waals surface area contributed by atoms with E-state index in [1.807, 2.05) is 6.92 Å². The molecule has 1 amide bonds. The van der Waals surface area contributed by atoms with Crippen molar-refractivity contribution in [2.45, 2.75) is 26.7 Å². The smallest absolute Gasteiger partial charge is 0.225 e. The number of rotatable bonds is 3. The molecule has 12 heavy (non-hydrogen) atoms. The minimum Gasteiger partial charge on any atom is -0.301 e. The van der Waals surface area contributed by atoms with Crippen molar-refractivity contribution in [2.24, 2.45) is 0 Å². The Balaban J connectivity index is 2.58. The van der Waals surface area contributed by atoms with Crippen molar-refractivity contribution in [3.8, 4) is 0 Å². The average molecular weight is 185 g/mol. The van der Waals surface area contributed by atoms with Gasteiger partial charge in [-0.05, 0) is 0 Å². The number of anilines is 1. The van der Waals surface area contributed by atoms with Gasteiger partial charge in [-0.15, -0.1) is 0 Å². The Morgan fingerprint density at radius 1 is 1.58 bits per heavy atom. The largest absolute Gasteiger partial charge is 0.301 e. The molecule has 0 saturated carbocycles. The van der Waals surface area contributed by atoms with E-state index in [9.17, 15) is 4.79 Å². The Hall–Kier alpha value is -0.970. The highest BCUT2D eigenvalue weighted by atomic mass is 32.1. The van der Waals surface area contributed by atoms with Crippen LogP contribution >= 0.6 is 11.5 Å². The van der Waals surface area contributed by atoms with Gasteiger partial charge in [-0.1, -0.05) is 13.8 Å². The minimum atomic E-state index is -0.0196. The van der Waals surface area contributed by atoms with Crippen LogP contribution in [0.5, 0.6) is 0 Å². The second-order valence-electron chi connectivity index (χ2n) is 2.27. The number of carbonyl (C=O) groups is 1. The zero-order valence-corrected chi connectivity index (χ0v) is 7.94. The molecule has 0 spiro atoms. The van der Waals surface area contributed by atoms with Crippen LogP contribution in [-0.2, 0) is 11.2 Å². The van der Waals surface area contributed by atoms with Gasteiger partial charge in [-0.3, -0.25) is 4.79 Å². The number of aromatic nitrogens is 2. The first-order chi connectivity index (χ1) is 5.76. The van der Waals surface area contributed by atoms with Crippen LogP contribution in [0, 0.1) is 0 Å². The second-order valence-corrected chi connectivity index (χ2v) is 3.02. The van der Waals surface area contributed by atoms with Crippen molar-refractivity contribution >= 4 is 22.6 Å². The lowest BCUT2D eigenvalue weighted by atomic mass is 10.4. The van der Waals surface area contributed by atoms with Crippen LogP contribution in [0.1, 0.15) is 26.1 Å². The lowest BCUT2D eigenvalue weighted by Crippen LogP contribution is -2.08. The van der Waals surface area contributed by atoms with Gasteiger partial charge in [0.05, 0.1) is 0 Å². The third kappa shape index (κ3) is 2.27. The van der Waals surface area contributed by atoms with E-state index in [-0.39, 0.29) is 5.91 Å². The number of hydrogen-bond donors (Lipinski definition) is 1. The molecule has 4 nitrogen and oxygen atoms in total. The van der Waals surface area contributed by atoms with Crippen LogP contribution in [0.15, 0.2) is 0 Å². The Morgan fingerprint density at radius 3 is 2.83 bits per heavy atom. The zero-order chi connectivity index (χ0) is 8.97.